The van der Waals surface area contributed by atoms with Crippen molar-refractivity contribution in [3.05, 3.63) is 28.7 Å². The standard InChI is InChI=1S/C7H7BrS.Mg.2H/c1-9-7-4-2-6(8)3-5-7;;;/h2-5H,1H3;;;. The summed E-state index contributed by atoms with van der Waals surface area (Å²) in [7, 11) is 0. The third-order valence-corrected chi connectivity index (χ3v) is 2.32. The van der Waals surface area contributed by atoms with Gasteiger partial charge in [-0.1, -0.05) is 15.9 Å². The molecule has 0 N–H and O–H groups in total. The summed E-state index contributed by atoms with van der Waals surface area (Å²) < 4.78 is 1.14. The molecule has 0 saturated carbocycles. The van der Waals surface area contributed by atoms with Gasteiger partial charge in [0.2, 0.25) is 0 Å². The molecule has 0 nitrogen and oxygen atoms in total. The SMILES string of the molecule is CSc1ccc(Br)cc1.[MgH2]. The second kappa shape index (κ2) is 5.46. The first kappa shape index (κ1) is 10.8. The molecule has 1 aromatic carbocycles. The van der Waals surface area contributed by atoms with Gasteiger partial charge in [0.1, 0.15) is 0 Å². The number of hydrogen-bond acceptors (Lipinski definition) is 1. The summed E-state index contributed by atoms with van der Waals surface area (Å²) in [4.78, 5) is 1.30. The summed E-state index contributed by atoms with van der Waals surface area (Å²) in [5, 5.41) is 0. The Morgan fingerprint density at radius 3 is 2.10 bits per heavy atom. The predicted octanol–water partition coefficient (Wildman–Crippen LogP) is 2.25. The van der Waals surface area contributed by atoms with Crippen LogP contribution in [0.3, 0.4) is 0 Å². The molecule has 10 heavy (non-hydrogen) atoms. The molecule has 0 amide bonds. The van der Waals surface area contributed by atoms with E-state index < -0.39 is 0 Å². The lowest BCUT2D eigenvalue weighted by atomic mass is 10.4. The molecule has 0 spiro atoms. The first-order valence-electron chi connectivity index (χ1n) is 2.62. The minimum atomic E-state index is 0. The largest absolute Gasteiger partial charge is 0.316 e. The zero-order valence-corrected chi connectivity index (χ0v) is 7.50. The molecule has 0 atom stereocenters. The molecule has 1 rings (SSSR count). The molecule has 0 aliphatic rings. The topological polar surface area (TPSA) is 0 Å². The molecule has 0 aromatic heterocycles. The fourth-order valence-corrected chi connectivity index (χ4v) is 1.24. The smallest absolute Gasteiger partial charge is 0.130 e. The van der Waals surface area contributed by atoms with Crippen molar-refractivity contribution in [1.82, 2.24) is 0 Å². The van der Waals surface area contributed by atoms with Crippen molar-refractivity contribution < 1.29 is 0 Å². The van der Waals surface area contributed by atoms with Crippen LogP contribution in [0, 0.1) is 0 Å². The predicted molar refractivity (Wildman–Crippen MR) is 54.5 cm³/mol. The van der Waals surface area contributed by atoms with Crippen LogP contribution < -0.4 is 0 Å². The fourth-order valence-electron chi connectivity index (χ4n) is 0.571. The van der Waals surface area contributed by atoms with Gasteiger partial charge in [0, 0.05) is 9.37 Å². The first-order chi connectivity index (χ1) is 4.33. The number of rotatable bonds is 1. The van der Waals surface area contributed by atoms with Crippen LogP contribution >= 0.6 is 27.7 Å². The highest BCUT2D eigenvalue weighted by Gasteiger charge is 1.86. The van der Waals surface area contributed by atoms with Gasteiger partial charge in [0.25, 0.3) is 0 Å². The van der Waals surface area contributed by atoms with E-state index in [4.69, 9.17) is 0 Å². The van der Waals surface area contributed by atoms with Crippen LogP contribution in [-0.4, -0.2) is 29.3 Å². The van der Waals surface area contributed by atoms with E-state index in [0.29, 0.717) is 0 Å². The zero-order valence-electron chi connectivity index (χ0n) is 5.10. The third-order valence-electron chi connectivity index (χ3n) is 1.05. The van der Waals surface area contributed by atoms with E-state index in [0.717, 1.165) is 4.47 Å². The average Bonchev–Trinajstić information content (AvgIpc) is 1.90. The Hall–Kier alpha value is 0.816. The Bertz CT molecular complexity index is 185. The lowest BCUT2D eigenvalue weighted by Crippen LogP contribution is -1.66. The van der Waals surface area contributed by atoms with E-state index in [-0.39, 0.29) is 23.1 Å². The van der Waals surface area contributed by atoms with Crippen molar-refractivity contribution in [1.29, 1.82) is 0 Å². The van der Waals surface area contributed by atoms with Crippen LogP contribution in [-0.2, 0) is 0 Å². The van der Waals surface area contributed by atoms with Gasteiger partial charge in [-0.25, -0.2) is 0 Å². The molecule has 52 valence electrons. The third kappa shape index (κ3) is 3.28. The number of halogens is 1. The molecule has 0 heterocycles. The Kier molecular flexibility index (Phi) is 5.91. The van der Waals surface area contributed by atoms with E-state index in [1.807, 2.05) is 12.1 Å². The lowest BCUT2D eigenvalue weighted by Gasteiger charge is -1.92. The van der Waals surface area contributed by atoms with Gasteiger partial charge in [0.05, 0.1) is 0 Å². The highest BCUT2D eigenvalue weighted by atomic mass is 79.9. The lowest BCUT2D eigenvalue weighted by molar-refractivity contribution is 1.45. The zero-order chi connectivity index (χ0) is 6.69. The Labute approximate surface area is 90.1 Å². The maximum Gasteiger partial charge on any atom is 0.316 e. The molecule has 1 aromatic rings. The van der Waals surface area contributed by atoms with Crippen molar-refractivity contribution in [3.63, 3.8) is 0 Å². The minimum absolute atomic E-state index is 0. The monoisotopic (exact) mass is 228 g/mol. The fraction of sp³-hybridized carbons (Fsp3) is 0.143. The van der Waals surface area contributed by atoms with Crippen molar-refractivity contribution >= 4 is 50.7 Å². The van der Waals surface area contributed by atoms with Gasteiger partial charge < -0.3 is 0 Å². The summed E-state index contributed by atoms with van der Waals surface area (Å²) in [5.41, 5.74) is 0. The second-order valence-corrected chi connectivity index (χ2v) is 3.45. The van der Waals surface area contributed by atoms with Crippen molar-refractivity contribution in [2.45, 2.75) is 4.90 Å². The van der Waals surface area contributed by atoms with Gasteiger partial charge in [-0.15, -0.1) is 11.8 Å². The summed E-state index contributed by atoms with van der Waals surface area (Å²) in [6.45, 7) is 0. The van der Waals surface area contributed by atoms with E-state index >= 15 is 0 Å². The summed E-state index contributed by atoms with van der Waals surface area (Å²) >= 11 is 5.12. The van der Waals surface area contributed by atoms with Crippen LogP contribution in [0.5, 0.6) is 0 Å². The van der Waals surface area contributed by atoms with Crippen LogP contribution in [0.1, 0.15) is 0 Å². The highest BCUT2D eigenvalue weighted by Crippen LogP contribution is 2.17. The quantitative estimate of drug-likeness (QED) is 0.526. The maximum atomic E-state index is 3.37. The molecule has 0 aliphatic carbocycles. The molecule has 0 bridgehead atoms. The molecule has 3 heteroatoms. The normalized spacial score (nSPS) is 8.60. The molecule has 0 fully saturated rings. The number of benzene rings is 1. The number of hydrogen-bond donors (Lipinski definition) is 0. The molecule has 0 unspecified atom stereocenters. The van der Waals surface area contributed by atoms with E-state index in [1.54, 1.807) is 11.8 Å². The van der Waals surface area contributed by atoms with Gasteiger partial charge in [-0.3, -0.25) is 0 Å². The summed E-state index contributed by atoms with van der Waals surface area (Å²) in [5.74, 6) is 0. The summed E-state index contributed by atoms with van der Waals surface area (Å²) in [6, 6.07) is 8.28. The Balaban J connectivity index is 0.000000810. The highest BCUT2D eigenvalue weighted by molar-refractivity contribution is 9.10. The van der Waals surface area contributed by atoms with Crippen LogP contribution in [0.25, 0.3) is 0 Å². The van der Waals surface area contributed by atoms with Crippen LogP contribution in [0.2, 0.25) is 0 Å². The molecule has 0 aliphatic heterocycles. The van der Waals surface area contributed by atoms with Crippen LogP contribution in [0.15, 0.2) is 33.6 Å². The van der Waals surface area contributed by atoms with Gasteiger partial charge in [0.15, 0.2) is 0 Å². The van der Waals surface area contributed by atoms with E-state index in [2.05, 4.69) is 34.3 Å². The van der Waals surface area contributed by atoms with Crippen molar-refractivity contribution in [2.75, 3.05) is 6.26 Å². The first-order valence-corrected chi connectivity index (χ1v) is 4.64. The van der Waals surface area contributed by atoms with Gasteiger partial charge in [-0.2, -0.15) is 0 Å². The second-order valence-electron chi connectivity index (χ2n) is 1.66. The van der Waals surface area contributed by atoms with Crippen LogP contribution in [0.4, 0.5) is 0 Å². The molecule has 0 radical (unpaired) electrons. The summed E-state index contributed by atoms with van der Waals surface area (Å²) in [6.07, 6.45) is 2.07. The van der Waals surface area contributed by atoms with Crippen molar-refractivity contribution in [3.8, 4) is 0 Å². The van der Waals surface area contributed by atoms with Crippen molar-refractivity contribution in [2.24, 2.45) is 0 Å². The average molecular weight is 229 g/mol. The van der Waals surface area contributed by atoms with E-state index in [1.165, 1.54) is 4.90 Å². The molecular formula is C7H9BrMgS. The minimum Gasteiger partial charge on any atom is -0.130 e. The number of thioether (sulfide) groups is 1. The molecular weight excluding hydrogens is 220 g/mol. The maximum absolute atomic E-state index is 3.37. The Morgan fingerprint density at radius 1 is 1.20 bits per heavy atom. The Morgan fingerprint density at radius 2 is 1.70 bits per heavy atom. The van der Waals surface area contributed by atoms with E-state index in [9.17, 15) is 0 Å². The van der Waals surface area contributed by atoms with Gasteiger partial charge >= 0.3 is 23.1 Å². The van der Waals surface area contributed by atoms with Gasteiger partial charge in [-0.05, 0) is 30.5 Å². The molecule has 0 saturated heterocycles.